The molecule has 6 nitrogen and oxygen atoms in total. The van der Waals surface area contributed by atoms with Crippen LogP contribution < -0.4 is 4.90 Å². The summed E-state index contributed by atoms with van der Waals surface area (Å²) in [6.07, 6.45) is 5.63. The fourth-order valence-electron chi connectivity index (χ4n) is 4.73. The number of fused-ring (bicyclic) bond motifs is 4. The van der Waals surface area contributed by atoms with Crippen molar-refractivity contribution < 1.29 is 4.79 Å². The fraction of sp³-hybridized carbons (Fsp3) is 0.286. The number of carbonyl (C=O) groups excluding carboxylic acids is 1. The predicted molar refractivity (Wildman–Crippen MR) is 111 cm³/mol. The molecule has 2 aliphatic rings. The Bertz CT molecular complexity index is 1150. The van der Waals surface area contributed by atoms with E-state index in [0.717, 1.165) is 53.0 Å². The lowest BCUT2D eigenvalue weighted by molar-refractivity contribution is 0.0646. The number of anilines is 1. The van der Waals surface area contributed by atoms with E-state index in [9.17, 15) is 4.79 Å². The van der Waals surface area contributed by atoms with Gasteiger partial charge < -0.3 is 14.8 Å². The number of hydrogen-bond donors (Lipinski definition) is 1. The molecule has 0 unspecified atom stereocenters. The minimum absolute atomic E-state index is 0.183. The monoisotopic (exact) mass is 389 g/mol. The van der Waals surface area contributed by atoms with Gasteiger partial charge in [-0.05, 0) is 36.4 Å². The van der Waals surface area contributed by atoms with Crippen LogP contribution >= 0.6 is 11.3 Å². The van der Waals surface area contributed by atoms with Crippen LogP contribution in [0.4, 0.5) is 5.82 Å². The molecule has 1 amide bonds. The molecule has 0 radical (unpaired) electrons. The average molecular weight is 389 g/mol. The van der Waals surface area contributed by atoms with Gasteiger partial charge in [-0.25, -0.2) is 9.97 Å². The van der Waals surface area contributed by atoms with Crippen molar-refractivity contribution in [2.75, 3.05) is 18.0 Å². The maximum absolute atomic E-state index is 13.3. The molecule has 1 N–H and O–H groups in total. The summed E-state index contributed by atoms with van der Waals surface area (Å²) in [7, 11) is 0. The number of piperazine rings is 1. The Morgan fingerprint density at radius 2 is 1.93 bits per heavy atom. The van der Waals surface area contributed by atoms with E-state index in [-0.39, 0.29) is 18.0 Å². The van der Waals surface area contributed by atoms with Gasteiger partial charge in [0.15, 0.2) is 0 Å². The Kier molecular flexibility index (Phi) is 3.46. The minimum atomic E-state index is 0.183. The van der Waals surface area contributed by atoms with Gasteiger partial charge in [-0.3, -0.25) is 4.79 Å². The molecular formula is C21H19N5OS. The number of nitrogens with one attached hydrogen (secondary N) is 1. The molecule has 2 saturated heterocycles. The van der Waals surface area contributed by atoms with Gasteiger partial charge in [-0.2, -0.15) is 0 Å². The van der Waals surface area contributed by atoms with E-state index in [1.165, 1.54) is 4.70 Å². The molecule has 2 bridgehead atoms. The normalized spacial score (nSPS) is 21.7. The lowest BCUT2D eigenvalue weighted by atomic mass is 10.1. The van der Waals surface area contributed by atoms with Crippen LogP contribution in [0.15, 0.2) is 48.9 Å². The van der Waals surface area contributed by atoms with Crippen LogP contribution in [0.25, 0.3) is 21.1 Å². The van der Waals surface area contributed by atoms with Crippen LogP contribution in [0.1, 0.15) is 22.5 Å². The Morgan fingerprint density at radius 3 is 2.75 bits per heavy atom. The number of carbonyl (C=O) groups is 1. The molecule has 0 aliphatic carbocycles. The number of aromatic nitrogens is 3. The first-order chi connectivity index (χ1) is 13.8. The second-order valence-electron chi connectivity index (χ2n) is 7.59. The largest absolute Gasteiger partial charge is 0.352 e. The maximum atomic E-state index is 13.3. The van der Waals surface area contributed by atoms with Gasteiger partial charge in [0.1, 0.15) is 17.8 Å². The molecular weight excluding hydrogens is 370 g/mol. The first-order valence-corrected chi connectivity index (χ1v) is 10.4. The summed E-state index contributed by atoms with van der Waals surface area (Å²) < 4.78 is 1.17. The number of rotatable bonds is 2. The molecule has 6 rings (SSSR count). The standard InChI is InChI=1S/C21H19N5OS/c27-21(18-9-13-3-1-2-4-17(13)28-18)26-14-5-6-15(26)11-25(10-14)20-16-7-8-22-19(16)23-12-24-20/h1-4,7-9,12,14-15H,5-6,10-11H2,(H,22,23,24)/t14-,15-/m1/s1. The first kappa shape index (κ1) is 16.1. The molecule has 140 valence electrons. The molecule has 28 heavy (non-hydrogen) atoms. The van der Waals surface area contributed by atoms with Crippen LogP contribution in [-0.2, 0) is 0 Å². The number of amides is 1. The Labute approximate surface area is 165 Å². The van der Waals surface area contributed by atoms with E-state index in [1.54, 1.807) is 17.7 Å². The molecule has 2 fully saturated rings. The van der Waals surface area contributed by atoms with Crippen LogP contribution in [-0.4, -0.2) is 50.9 Å². The summed E-state index contributed by atoms with van der Waals surface area (Å²) >= 11 is 1.60. The third-order valence-corrected chi connectivity index (χ3v) is 7.09. The molecule has 7 heteroatoms. The zero-order chi connectivity index (χ0) is 18.7. The molecule has 0 saturated carbocycles. The van der Waals surface area contributed by atoms with E-state index in [2.05, 4.69) is 36.9 Å². The van der Waals surface area contributed by atoms with Crippen molar-refractivity contribution in [3.05, 3.63) is 53.8 Å². The van der Waals surface area contributed by atoms with E-state index in [4.69, 9.17) is 0 Å². The Morgan fingerprint density at radius 1 is 1.11 bits per heavy atom. The van der Waals surface area contributed by atoms with Crippen LogP contribution in [0.5, 0.6) is 0 Å². The van der Waals surface area contributed by atoms with Gasteiger partial charge >= 0.3 is 0 Å². The molecule has 4 aromatic rings. The average Bonchev–Trinajstić information content (AvgIpc) is 3.42. The Hall–Kier alpha value is -2.93. The Balaban J connectivity index is 1.30. The third-order valence-electron chi connectivity index (χ3n) is 5.99. The highest BCUT2D eigenvalue weighted by Gasteiger charge is 2.43. The first-order valence-electron chi connectivity index (χ1n) is 9.62. The molecule has 1 aromatic carbocycles. The summed E-state index contributed by atoms with van der Waals surface area (Å²) in [5.41, 5.74) is 0.862. The number of benzene rings is 1. The van der Waals surface area contributed by atoms with Crippen molar-refractivity contribution in [3.8, 4) is 0 Å². The lowest BCUT2D eigenvalue weighted by Gasteiger charge is -2.41. The summed E-state index contributed by atoms with van der Waals surface area (Å²) in [5, 5.41) is 2.20. The highest BCUT2D eigenvalue weighted by molar-refractivity contribution is 7.20. The highest BCUT2D eigenvalue weighted by atomic mass is 32.1. The second kappa shape index (κ2) is 6.04. The van der Waals surface area contributed by atoms with Crippen molar-refractivity contribution in [2.45, 2.75) is 24.9 Å². The lowest BCUT2D eigenvalue weighted by Crippen LogP contribution is -2.56. The van der Waals surface area contributed by atoms with Gasteiger partial charge in [0.05, 0.1) is 22.3 Å². The van der Waals surface area contributed by atoms with Gasteiger partial charge in [0, 0.05) is 24.0 Å². The van der Waals surface area contributed by atoms with Crippen molar-refractivity contribution >= 4 is 44.2 Å². The van der Waals surface area contributed by atoms with Crippen molar-refractivity contribution in [1.29, 1.82) is 0 Å². The maximum Gasteiger partial charge on any atom is 0.264 e. The SMILES string of the molecule is O=C(c1cc2ccccc2s1)N1[C@@H]2CC[C@@H]1CN(c1ncnc3[nH]ccc13)C2. The van der Waals surface area contributed by atoms with Gasteiger partial charge in [0.25, 0.3) is 5.91 Å². The number of hydrogen-bond acceptors (Lipinski definition) is 5. The number of aromatic amines is 1. The summed E-state index contributed by atoms with van der Waals surface area (Å²) in [6.45, 7) is 1.65. The summed E-state index contributed by atoms with van der Waals surface area (Å²) in [6, 6.07) is 12.8. The topological polar surface area (TPSA) is 65.1 Å². The number of thiophene rings is 1. The molecule has 0 spiro atoms. The summed E-state index contributed by atoms with van der Waals surface area (Å²) in [5.74, 6) is 1.15. The fourth-order valence-corrected chi connectivity index (χ4v) is 5.74. The smallest absolute Gasteiger partial charge is 0.264 e. The van der Waals surface area contributed by atoms with Crippen LogP contribution in [0.2, 0.25) is 0 Å². The van der Waals surface area contributed by atoms with E-state index < -0.39 is 0 Å². The van der Waals surface area contributed by atoms with Gasteiger partial charge in [-0.1, -0.05) is 18.2 Å². The van der Waals surface area contributed by atoms with Crippen LogP contribution in [0.3, 0.4) is 0 Å². The van der Waals surface area contributed by atoms with Crippen molar-refractivity contribution in [1.82, 2.24) is 19.9 Å². The van der Waals surface area contributed by atoms with E-state index in [1.807, 2.05) is 30.5 Å². The van der Waals surface area contributed by atoms with Gasteiger partial charge in [0.2, 0.25) is 0 Å². The quantitative estimate of drug-likeness (QED) is 0.568. The molecule has 5 heterocycles. The minimum Gasteiger partial charge on any atom is -0.352 e. The molecule has 2 atom stereocenters. The highest BCUT2D eigenvalue weighted by Crippen LogP contribution is 2.36. The van der Waals surface area contributed by atoms with Crippen molar-refractivity contribution in [3.63, 3.8) is 0 Å². The van der Waals surface area contributed by atoms with Crippen LogP contribution in [0, 0.1) is 0 Å². The third kappa shape index (κ3) is 2.36. The van der Waals surface area contributed by atoms with Crippen molar-refractivity contribution in [2.24, 2.45) is 0 Å². The molecule has 3 aromatic heterocycles. The van der Waals surface area contributed by atoms with E-state index in [0.29, 0.717) is 0 Å². The van der Waals surface area contributed by atoms with Gasteiger partial charge in [-0.15, -0.1) is 11.3 Å². The summed E-state index contributed by atoms with van der Waals surface area (Å²) in [4.78, 5) is 30.6. The second-order valence-corrected chi connectivity index (χ2v) is 8.67. The molecule has 2 aliphatic heterocycles. The zero-order valence-corrected chi connectivity index (χ0v) is 16.0. The predicted octanol–water partition coefficient (Wildman–Crippen LogP) is 3.67. The number of nitrogens with zero attached hydrogens (tertiary/aromatic N) is 4. The van der Waals surface area contributed by atoms with E-state index >= 15 is 0 Å². The zero-order valence-electron chi connectivity index (χ0n) is 15.2. The number of H-pyrrole nitrogens is 1.